The fourth-order valence-electron chi connectivity index (χ4n) is 19.4. The van der Waals surface area contributed by atoms with Crippen molar-refractivity contribution >= 4 is 96.0 Å². The SMILES string of the molecule is CC(C)c1cc(-c2ccc(F)cc2)nc2cc(C(=O)N3CCN(C(=O)C(C)(C)O)C[C@@H]3C)oc12.CC(C)c1cc(-c2ccc(F)cc2)nc2cc(C(=O)N3CCN(C(=O)C4(O)CCOCC4)C[C@@H]3C)oc12.CCCS(=O)(=O)N1CCN(C(=O)c2cc3nc(-c4ccc(F)cc4)cc(C4(C)CC4)c3o2)C(C)(C)C1.CCOC(=O)N1CCN(C(=O)c2cc3nc(-c4ccc(F)cc4)cc(C4(C)CC4)c3o2)C(C)(C)C1. The number of ether oxygens (including phenoxy) is 2. The van der Waals surface area contributed by atoms with Gasteiger partial charge in [0, 0.05) is 185 Å². The topological polar surface area (TPSA) is 343 Å². The first-order valence-electron chi connectivity index (χ1n) is 48.8. The molecule has 5 aliphatic heterocycles. The van der Waals surface area contributed by atoms with Gasteiger partial charge in [-0.05, 0) is 238 Å². The van der Waals surface area contributed by atoms with E-state index in [0.29, 0.717) is 147 Å². The third kappa shape index (κ3) is 21.6. The molecule has 19 rings (SSSR count). The van der Waals surface area contributed by atoms with E-state index in [0.717, 1.165) is 75.9 Å². The van der Waals surface area contributed by atoms with Gasteiger partial charge in [0.25, 0.3) is 35.4 Å². The molecule has 2 aliphatic carbocycles. The number of aliphatic hydroxyl groups is 2. The highest BCUT2D eigenvalue weighted by molar-refractivity contribution is 7.89. The number of hydrogen-bond acceptors (Lipinski definition) is 21. The quantitative estimate of drug-likeness (QED) is 0.0754. The molecule has 0 spiro atoms. The van der Waals surface area contributed by atoms with Crippen LogP contribution in [0.15, 0.2) is 163 Å². The number of carbonyl (C=O) groups excluding carboxylic acids is 7. The summed E-state index contributed by atoms with van der Waals surface area (Å²) in [5.41, 5.74) is 10.3. The maximum Gasteiger partial charge on any atom is 0.409 e. The Bertz CT molecular complexity index is 6900. The molecule has 29 nitrogen and oxygen atoms in total. The lowest BCUT2D eigenvalue weighted by molar-refractivity contribution is -0.163. The van der Waals surface area contributed by atoms with Crippen LogP contribution in [-0.4, -0.2) is 257 Å². The third-order valence-corrected chi connectivity index (χ3v) is 30.2. The number of nitrogens with zero attached hydrogens (tertiary/aromatic N) is 12. The van der Waals surface area contributed by atoms with Crippen LogP contribution in [0.2, 0.25) is 0 Å². The Morgan fingerprint density at radius 3 is 1.15 bits per heavy atom. The second kappa shape index (κ2) is 40.2. The van der Waals surface area contributed by atoms with Gasteiger partial charge in [-0.15, -0.1) is 0 Å². The van der Waals surface area contributed by atoms with Gasteiger partial charge in [-0.3, -0.25) is 28.8 Å². The van der Waals surface area contributed by atoms with Gasteiger partial charge in [-0.2, -0.15) is 4.31 Å². The van der Waals surface area contributed by atoms with E-state index in [1.165, 1.54) is 66.7 Å². The average molecular weight is 1970 g/mol. The fraction of sp³-hybridized carbons (Fsp3) is 0.454. The average Bonchev–Trinajstić information content (AvgIpc) is 1.58. The molecular weight excluding hydrogens is 1850 g/mol. The Kier molecular flexibility index (Phi) is 28.9. The van der Waals surface area contributed by atoms with Crippen LogP contribution < -0.4 is 0 Å². The Labute approximate surface area is 822 Å². The van der Waals surface area contributed by atoms with E-state index < -0.39 is 32.3 Å². The van der Waals surface area contributed by atoms with Gasteiger partial charge in [0.15, 0.2) is 45.4 Å². The number of rotatable bonds is 18. The number of hydrogen-bond donors (Lipinski definition) is 2. The summed E-state index contributed by atoms with van der Waals surface area (Å²) in [6.07, 6.45) is 4.84. The minimum atomic E-state index is -3.35. The molecule has 142 heavy (non-hydrogen) atoms. The lowest BCUT2D eigenvalue weighted by atomic mass is 9.92. The molecule has 2 atom stereocenters. The van der Waals surface area contributed by atoms with E-state index in [-0.39, 0.29) is 161 Å². The maximum atomic E-state index is 13.6. The highest BCUT2D eigenvalue weighted by Gasteiger charge is 2.49. The van der Waals surface area contributed by atoms with Gasteiger partial charge < -0.3 is 71.7 Å². The Balaban J connectivity index is 0.000000136. The molecule has 2 saturated carbocycles. The van der Waals surface area contributed by atoms with Crippen LogP contribution in [0.25, 0.3) is 89.4 Å². The molecule has 4 aromatic carbocycles. The third-order valence-electron chi connectivity index (χ3n) is 28.2. The molecule has 8 aromatic heterocycles. The van der Waals surface area contributed by atoms with Crippen molar-refractivity contribution in [2.75, 3.05) is 104 Å². The van der Waals surface area contributed by atoms with Crippen molar-refractivity contribution in [1.29, 1.82) is 0 Å². The van der Waals surface area contributed by atoms with Crippen LogP contribution in [0.5, 0.6) is 0 Å². The monoisotopic (exact) mass is 1970 g/mol. The summed E-state index contributed by atoms with van der Waals surface area (Å²) in [4.78, 5) is 122. The first kappa shape index (κ1) is 102. The zero-order valence-electron chi connectivity index (χ0n) is 83.2. The molecule has 12 aromatic rings. The first-order valence-corrected chi connectivity index (χ1v) is 50.4. The Hall–Kier alpha value is -12.8. The molecule has 7 fully saturated rings. The van der Waals surface area contributed by atoms with Crippen molar-refractivity contribution in [1.82, 2.24) is 58.5 Å². The van der Waals surface area contributed by atoms with E-state index in [9.17, 15) is 69.8 Å². The maximum absolute atomic E-state index is 13.6. The molecular formula is C108H124F4N12O17S. The van der Waals surface area contributed by atoms with Crippen LogP contribution in [0, 0.1) is 23.3 Å². The molecule has 5 saturated heterocycles. The number of piperazine rings is 4. The number of aromatic nitrogens is 4. The summed E-state index contributed by atoms with van der Waals surface area (Å²) in [6, 6.07) is 38.8. The van der Waals surface area contributed by atoms with Gasteiger partial charge in [0.05, 0.1) is 46.2 Å². The van der Waals surface area contributed by atoms with Crippen molar-refractivity contribution in [3.05, 3.63) is 214 Å². The number of sulfonamides is 1. The van der Waals surface area contributed by atoms with E-state index in [2.05, 4.69) is 18.8 Å². The number of pyridine rings is 4. The summed E-state index contributed by atoms with van der Waals surface area (Å²) in [7, 11) is -3.35. The molecule has 2 N–H and O–H groups in total. The van der Waals surface area contributed by atoms with E-state index in [1.807, 2.05) is 100 Å². The molecule has 7 amide bonds. The highest BCUT2D eigenvalue weighted by Crippen LogP contribution is 2.53. The molecule has 7 aliphatic rings. The summed E-state index contributed by atoms with van der Waals surface area (Å²) in [5.74, 6) is -1.79. The Morgan fingerprint density at radius 1 is 0.458 bits per heavy atom. The number of furan rings is 4. The normalized spacial score (nSPS) is 18.8. The van der Waals surface area contributed by atoms with Gasteiger partial charge in [0.1, 0.15) is 56.5 Å². The predicted molar refractivity (Wildman–Crippen MR) is 529 cm³/mol. The van der Waals surface area contributed by atoms with E-state index in [1.54, 1.807) is 114 Å². The molecule has 34 heteroatoms. The minimum absolute atomic E-state index is 0.0291. The number of halogens is 4. The second-order valence-electron chi connectivity index (χ2n) is 41.3. The standard InChI is InChI=1S/C28H32FN3O5.C27H32FN3O4S.C27H30FN3O4.C26H30FN3O4/c1-17(2)21-14-22(19-4-6-20(29)7-5-19)30-23-15-24(37-25(21)23)26(33)32-11-10-31(16-18(32)3)27(34)28(35)8-12-36-13-9-28;1-5-14-36(33,34)30-12-13-31(26(2,3)17-30)25(32)23-16-22-24(35-23)20(27(4)10-11-27)15-21(29-22)18-6-8-19(28)9-7-18;1-5-34-25(33)30-12-13-31(26(2,3)16-30)24(32)22-15-21-23(35-22)19(27(4)10-11-27)14-20(29-21)17-6-8-18(28)9-7-17;1-15(2)19-12-20(17-6-8-18(27)9-7-17)28-21-13-22(34-23(19)21)24(31)30-11-10-29(14-16(30)3)25(32)26(4,5)33/h4-7,14-15,17-18,35H,8-13,16H2,1-3H3;6-9,15-16H,5,10-14,17H2,1-4H3;6-9,14-15H,5,10-13,16H2,1-4H3;6-9,12-13,15-16,33H,10-11,14H2,1-5H3/t18-;;;16-/m0..0/s1. The van der Waals surface area contributed by atoms with E-state index in [4.69, 9.17) is 42.1 Å². The van der Waals surface area contributed by atoms with Crippen molar-refractivity contribution in [2.45, 2.75) is 213 Å². The molecule has 13 heterocycles. The largest absolute Gasteiger partial charge is 0.450 e. The fourth-order valence-corrected chi connectivity index (χ4v) is 21.0. The predicted octanol–water partition coefficient (Wildman–Crippen LogP) is 18.5. The number of benzene rings is 4. The summed E-state index contributed by atoms with van der Waals surface area (Å²) in [5, 5.41) is 20.8. The van der Waals surface area contributed by atoms with Crippen molar-refractivity contribution in [2.24, 2.45) is 0 Å². The zero-order chi connectivity index (χ0) is 102. The van der Waals surface area contributed by atoms with Crippen LogP contribution in [0.1, 0.15) is 232 Å². The van der Waals surface area contributed by atoms with Crippen LogP contribution in [0.3, 0.4) is 0 Å². The number of carbonyl (C=O) groups is 7. The molecule has 0 unspecified atom stereocenters. The molecule has 0 bridgehead atoms. The summed E-state index contributed by atoms with van der Waals surface area (Å²) < 4.78 is 115. The molecule has 0 radical (unpaired) electrons. The summed E-state index contributed by atoms with van der Waals surface area (Å²) >= 11 is 0. The van der Waals surface area contributed by atoms with Crippen LogP contribution >= 0.6 is 0 Å². The Morgan fingerprint density at radius 2 is 0.803 bits per heavy atom. The summed E-state index contributed by atoms with van der Waals surface area (Å²) in [6.45, 7) is 35.4. The van der Waals surface area contributed by atoms with Crippen molar-refractivity contribution in [3.63, 3.8) is 0 Å². The first-order chi connectivity index (χ1) is 67.2. The lowest BCUT2D eigenvalue weighted by Crippen LogP contribution is -2.62. The van der Waals surface area contributed by atoms with E-state index >= 15 is 0 Å². The highest BCUT2D eigenvalue weighted by atomic mass is 32.2. The van der Waals surface area contributed by atoms with Gasteiger partial charge in [-0.25, -0.2) is 50.7 Å². The minimum Gasteiger partial charge on any atom is -0.450 e. The molecule has 752 valence electrons. The van der Waals surface area contributed by atoms with Crippen molar-refractivity contribution in [3.8, 4) is 45.0 Å². The zero-order valence-corrected chi connectivity index (χ0v) is 84.1. The second-order valence-corrected chi connectivity index (χ2v) is 43.4. The number of amides is 7. The van der Waals surface area contributed by atoms with Gasteiger partial charge in [-0.1, -0.05) is 48.5 Å². The smallest absolute Gasteiger partial charge is 0.409 e. The van der Waals surface area contributed by atoms with Gasteiger partial charge in [0.2, 0.25) is 10.0 Å². The van der Waals surface area contributed by atoms with Crippen molar-refractivity contribution < 1.29 is 96.9 Å². The number of fused-ring (bicyclic) bond motifs is 4. The van der Waals surface area contributed by atoms with Gasteiger partial charge >= 0.3 is 6.09 Å². The van der Waals surface area contributed by atoms with Crippen LogP contribution in [-0.2, 0) is 39.9 Å². The van der Waals surface area contributed by atoms with Crippen LogP contribution in [0.4, 0.5) is 22.4 Å². The lowest BCUT2D eigenvalue weighted by Gasteiger charge is -2.46.